The van der Waals surface area contributed by atoms with E-state index >= 15 is 0 Å². The van der Waals surface area contributed by atoms with E-state index in [0.29, 0.717) is 5.56 Å². The molecule has 21 heavy (non-hydrogen) atoms. The van der Waals surface area contributed by atoms with Crippen molar-refractivity contribution in [2.45, 2.75) is 12.1 Å². The van der Waals surface area contributed by atoms with Gasteiger partial charge in [0.15, 0.2) is 0 Å². The van der Waals surface area contributed by atoms with Crippen LogP contribution in [0.1, 0.15) is 17.2 Å². The number of aliphatic imine (C=N–C) groups is 1. The van der Waals surface area contributed by atoms with Gasteiger partial charge in [0, 0.05) is 18.9 Å². The highest BCUT2D eigenvalue weighted by atomic mass is 16.5. The highest BCUT2D eigenvalue weighted by Crippen LogP contribution is 2.22. The highest BCUT2D eigenvalue weighted by Gasteiger charge is 2.19. The second-order valence-electron chi connectivity index (χ2n) is 4.72. The predicted molar refractivity (Wildman–Crippen MR) is 82.8 cm³/mol. The number of nitrogens with zero attached hydrogens (tertiary/aromatic N) is 1. The molecule has 2 rings (SSSR count). The van der Waals surface area contributed by atoms with Crippen molar-refractivity contribution in [3.8, 4) is 5.75 Å². The number of methoxy groups -OCH3 is 1. The van der Waals surface area contributed by atoms with Gasteiger partial charge in [-0.1, -0.05) is 42.5 Å². The summed E-state index contributed by atoms with van der Waals surface area (Å²) in [6.07, 6.45) is 0.825. The maximum absolute atomic E-state index is 10.2. The smallest absolute Gasteiger partial charge is 0.124 e. The number of aliphatic hydroxyl groups is 1. The fraction of sp³-hybridized carbons (Fsp3) is 0.235. The number of phenolic OH excluding ortho intramolecular Hbond substituents is 1. The Hall–Kier alpha value is -2.17. The van der Waals surface area contributed by atoms with Gasteiger partial charge in [-0.2, -0.15) is 0 Å². The second-order valence-corrected chi connectivity index (χ2v) is 4.72. The lowest BCUT2D eigenvalue weighted by Crippen LogP contribution is -2.22. The second kappa shape index (κ2) is 7.57. The largest absolute Gasteiger partial charge is 0.507 e. The van der Waals surface area contributed by atoms with Gasteiger partial charge < -0.3 is 14.9 Å². The van der Waals surface area contributed by atoms with Crippen LogP contribution in [0.25, 0.3) is 0 Å². The third kappa shape index (κ3) is 4.15. The summed E-state index contributed by atoms with van der Waals surface area (Å²) in [5.41, 5.74) is 1.51. The molecule has 4 nitrogen and oxygen atoms in total. The van der Waals surface area contributed by atoms with Gasteiger partial charge >= 0.3 is 0 Å². The molecule has 2 aromatic carbocycles. The number of aliphatic hydroxyl groups excluding tert-OH is 1. The molecule has 0 heterocycles. The van der Waals surface area contributed by atoms with Crippen LogP contribution < -0.4 is 0 Å². The first-order valence-corrected chi connectivity index (χ1v) is 6.75. The molecule has 0 aliphatic heterocycles. The molecule has 0 bridgehead atoms. The molecule has 0 radical (unpaired) electrons. The van der Waals surface area contributed by atoms with Crippen molar-refractivity contribution in [2.75, 3.05) is 13.7 Å². The van der Waals surface area contributed by atoms with Gasteiger partial charge in [-0.25, -0.2) is 0 Å². The van der Waals surface area contributed by atoms with Gasteiger partial charge in [-0.3, -0.25) is 4.99 Å². The Balaban J connectivity index is 2.26. The van der Waals surface area contributed by atoms with Crippen molar-refractivity contribution >= 4 is 6.21 Å². The van der Waals surface area contributed by atoms with E-state index in [1.54, 1.807) is 24.4 Å². The van der Waals surface area contributed by atoms with E-state index in [1.165, 1.54) is 7.11 Å². The Morgan fingerprint density at radius 1 is 1.10 bits per heavy atom. The zero-order chi connectivity index (χ0) is 15.1. The van der Waals surface area contributed by atoms with Crippen molar-refractivity contribution in [2.24, 2.45) is 4.99 Å². The van der Waals surface area contributed by atoms with E-state index in [-0.39, 0.29) is 12.4 Å². The molecule has 2 N–H and O–H groups in total. The summed E-state index contributed by atoms with van der Waals surface area (Å²) in [6.45, 7) is 0.192. The molecule has 0 saturated carbocycles. The average Bonchev–Trinajstić information content (AvgIpc) is 2.50. The SMILES string of the molecule is COC[C@H](O)[C@H](N=Cc1ccccc1O)c1ccccc1. The van der Waals surface area contributed by atoms with E-state index in [0.717, 1.165) is 5.56 Å². The topological polar surface area (TPSA) is 62.0 Å². The number of phenols is 1. The first-order valence-electron chi connectivity index (χ1n) is 6.75. The third-order valence-corrected chi connectivity index (χ3v) is 3.15. The summed E-state index contributed by atoms with van der Waals surface area (Å²) in [6, 6.07) is 16.0. The van der Waals surface area contributed by atoms with Crippen LogP contribution in [-0.4, -0.2) is 36.2 Å². The van der Waals surface area contributed by atoms with Crippen molar-refractivity contribution < 1.29 is 14.9 Å². The zero-order valence-corrected chi connectivity index (χ0v) is 11.9. The van der Waals surface area contributed by atoms with Gasteiger partial charge in [0.05, 0.1) is 6.61 Å². The number of hydrogen-bond acceptors (Lipinski definition) is 4. The summed E-state index contributed by atoms with van der Waals surface area (Å²) < 4.78 is 5.01. The van der Waals surface area contributed by atoms with Crippen molar-refractivity contribution in [1.82, 2.24) is 0 Å². The quantitative estimate of drug-likeness (QED) is 0.802. The van der Waals surface area contributed by atoms with Gasteiger partial charge in [0.2, 0.25) is 0 Å². The molecule has 2 aromatic rings. The Bertz CT molecular complexity index is 584. The normalized spacial score (nSPS) is 14.2. The fourth-order valence-corrected chi connectivity index (χ4v) is 2.08. The molecule has 0 fully saturated rings. The van der Waals surface area contributed by atoms with Gasteiger partial charge in [0.25, 0.3) is 0 Å². The van der Waals surface area contributed by atoms with Crippen LogP contribution in [0, 0.1) is 0 Å². The van der Waals surface area contributed by atoms with Crippen LogP contribution >= 0.6 is 0 Å². The molecule has 2 atom stereocenters. The van der Waals surface area contributed by atoms with E-state index < -0.39 is 12.1 Å². The number of hydrogen-bond donors (Lipinski definition) is 2. The fourth-order valence-electron chi connectivity index (χ4n) is 2.08. The predicted octanol–water partition coefficient (Wildman–Crippen LogP) is 2.56. The number of benzene rings is 2. The molecule has 4 heteroatoms. The van der Waals surface area contributed by atoms with Gasteiger partial charge in [-0.15, -0.1) is 0 Å². The lowest BCUT2D eigenvalue weighted by molar-refractivity contribution is 0.0484. The van der Waals surface area contributed by atoms with Crippen LogP contribution in [0.5, 0.6) is 5.75 Å². The molecule has 110 valence electrons. The number of aromatic hydroxyl groups is 1. The van der Waals surface area contributed by atoms with Crippen LogP contribution in [0.3, 0.4) is 0 Å². The highest BCUT2D eigenvalue weighted by molar-refractivity contribution is 5.83. The minimum absolute atomic E-state index is 0.161. The molecule has 0 aromatic heterocycles. The Morgan fingerprint density at radius 2 is 1.76 bits per heavy atom. The molecule has 0 saturated heterocycles. The van der Waals surface area contributed by atoms with Crippen molar-refractivity contribution in [1.29, 1.82) is 0 Å². The molecule has 0 aliphatic rings. The number of ether oxygens (including phenoxy) is 1. The summed E-state index contributed by atoms with van der Waals surface area (Å²) >= 11 is 0. The molecule has 0 aliphatic carbocycles. The summed E-state index contributed by atoms with van der Waals surface area (Å²) in [5.74, 6) is 0.161. The first kappa shape index (κ1) is 15.2. The maximum atomic E-state index is 10.2. The van der Waals surface area contributed by atoms with Crippen LogP contribution in [0.15, 0.2) is 59.6 Å². The van der Waals surface area contributed by atoms with E-state index in [2.05, 4.69) is 4.99 Å². The minimum atomic E-state index is -0.750. The Kier molecular flexibility index (Phi) is 5.49. The first-order chi connectivity index (χ1) is 10.2. The van der Waals surface area contributed by atoms with Crippen LogP contribution in [0.4, 0.5) is 0 Å². The number of para-hydroxylation sites is 1. The molecular formula is C17H19NO3. The Morgan fingerprint density at radius 3 is 2.43 bits per heavy atom. The van der Waals surface area contributed by atoms with E-state index in [1.807, 2.05) is 36.4 Å². The average molecular weight is 285 g/mol. The standard InChI is InChI=1S/C17H19NO3/c1-21-12-16(20)17(13-7-3-2-4-8-13)18-11-14-9-5-6-10-15(14)19/h2-11,16-17,19-20H,12H2,1H3/t16-,17+/m0/s1. The molecule has 0 unspecified atom stereocenters. The third-order valence-electron chi connectivity index (χ3n) is 3.15. The van der Waals surface area contributed by atoms with E-state index in [9.17, 15) is 10.2 Å². The lowest BCUT2D eigenvalue weighted by Gasteiger charge is -2.19. The summed E-state index contributed by atoms with van der Waals surface area (Å²) in [5, 5.41) is 20.0. The molecule has 0 amide bonds. The zero-order valence-electron chi connectivity index (χ0n) is 11.9. The maximum Gasteiger partial charge on any atom is 0.124 e. The number of rotatable bonds is 6. The van der Waals surface area contributed by atoms with Gasteiger partial charge in [-0.05, 0) is 17.7 Å². The van der Waals surface area contributed by atoms with Crippen molar-refractivity contribution in [3.05, 3.63) is 65.7 Å². The lowest BCUT2D eigenvalue weighted by atomic mass is 10.0. The molecular weight excluding hydrogens is 266 g/mol. The van der Waals surface area contributed by atoms with Crippen LogP contribution in [0.2, 0.25) is 0 Å². The van der Waals surface area contributed by atoms with E-state index in [4.69, 9.17) is 4.74 Å². The Labute approximate surface area is 124 Å². The summed E-state index contributed by atoms with van der Waals surface area (Å²) in [4.78, 5) is 4.43. The van der Waals surface area contributed by atoms with Crippen LogP contribution in [-0.2, 0) is 4.74 Å². The molecule has 0 spiro atoms. The minimum Gasteiger partial charge on any atom is -0.507 e. The van der Waals surface area contributed by atoms with Gasteiger partial charge in [0.1, 0.15) is 17.9 Å². The summed E-state index contributed by atoms with van der Waals surface area (Å²) in [7, 11) is 1.54. The monoisotopic (exact) mass is 285 g/mol. The van der Waals surface area contributed by atoms with Crippen molar-refractivity contribution in [3.63, 3.8) is 0 Å².